The number of nitrogens with two attached hydrogens (primary N) is 1. The van der Waals surface area contributed by atoms with Gasteiger partial charge >= 0.3 is 0 Å². The van der Waals surface area contributed by atoms with Crippen LogP contribution in [0.15, 0.2) is 18.2 Å². The number of para-hydroxylation sites is 1. The average Bonchev–Trinajstić information content (AvgIpc) is 2.64. The Kier molecular flexibility index (Phi) is 5.01. The molecular formula is C22H27N3O2. The molecule has 1 heterocycles. The molecule has 5 nitrogen and oxygen atoms in total. The minimum atomic E-state index is 0.182. The third-order valence-electron chi connectivity index (χ3n) is 5.60. The van der Waals surface area contributed by atoms with Crippen molar-refractivity contribution in [3.05, 3.63) is 35.0 Å². The van der Waals surface area contributed by atoms with Crippen molar-refractivity contribution in [2.75, 3.05) is 20.0 Å². The first kappa shape index (κ1) is 19.0. The van der Waals surface area contributed by atoms with Crippen molar-refractivity contribution in [1.82, 2.24) is 4.98 Å². The number of rotatable bonds is 3. The molecule has 0 bridgehead atoms. The van der Waals surface area contributed by atoms with E-state index in [2.05, 4.69) is 31.8 Å². The highest BCUT2D eigenvalue weighted by molar-refractivity contribution is 5.84. The zero-order chi connectivity index (χ0) is 19.8. The first-order chi connectivity index (χ1) is 12.8. The van der Waals surface area contributed by atoms with Crippen molar-refractivity contribution < 1.29 is 9.47 Å². The van der Waals surface area contributed by atoms with Crippen LogP contribution in [0.3, 0.4) is 0 Å². The molecule has 1 unspecified atom stereocenters. The number of benzene rings is 1. The smallest absolute Gasteiger partial charge is 0.168 e. The molecule has 0 amide bonds. The van der Waals surface area contributed by atoms with E-state index in [0.29, 0.717) is 23.0 Å². The number of pyridine rings is 1. The van der Waals surface area contributed by atoms with Crippen molar-refractivity contribution in [1.29, 1.82) is 5.26 Å². The van der Waals surface area contributed by atoms with Crippen LogP contribution in [-0.2, 0) is 12.8 Å². The van der Waals surface area contributed by atoms with Crippen LogP contribution < -0.4 is 15.2 Å². The van der Waals surface area contributed by atoms with Gasteiger partial charge in [0.05, 0.1) is 14.2 Å². The van der Waals surface area contributed by atoms with Gasteiger partial charge in [-0.05, 0) is 42.2 Å². The van der Waals surface area contributed by atoms with Gasteiger partial charge in [0.2, 0.25) is 0 Å². The van der Waals surface area contributed by atoms with Crippen LogP contribution in [0.25, 0.3) is 11.1 Å². The van der Waals surface area contributed by atoms with Crippen molar-refractivity contribution in [3.8, 4) is 28.7 Å². The fraction of sp³-hybridized carbons (Fsp3) is 0.455. The molecule has 0 fully saturated rings. The van der Waals surface area contributed by atoms with Crippen LogP contribution in [0, 0.1) is 22.7 Å². The summed E-state index contributed by atoms with van der Waals surface area (Å²) in [6, 6.07) is 7.99. The third kappa shape index (κ3) is 3.32. The molecule has 3 rings (SSSR count). The minimum absolute atomic E-state index is 0.182. The predicted octanol–water partition coefficient (Wildman–Crippen LogP) is 4.37. The molecule has 1 aliphatic carbocycles. The molecule has 0 saturated heterocycles. The SMILES string of the molecule is COc1cccc(-c2c(C#N)c(N)nc3c2CC(C(C)(C)C)CC3)c1OC. The van der Waals surface area contributed by atoms with E-state index >= 15 is 0 Å². The number of aryl methyl sites for hydroxylation is 1. The highest BCUT2D eigenvalue weighted by atomic mass is 16.5. The Morgan fingerprint density at radius 1 is 1.22 bits per heavy atom. The van der Waals surface area contributed by atoms with Gasteiger partial charge in [-0.2, -0.15) is 5.26 Å². The third-order valence-corrected chi connectivity index (χ3v) is 5.60. The van der Waals surface area contributed by atoms with E-state index in [1.807, 2.05) is 18.2 Å². The summed E-state index contributed by atoms with van der Waals surface area (Å²) in [5, 5.41) is 9.84. The number of aromatic nitrogens is 1. The van der Waals surface area contributed by atoms with E-state index in [0.717, 1.165) is 41.6 Å². The zero-order valence-corrected chi connectivity index (χ0v) is 16.7. The number of ether oxygens (including phenoxy) is 2. The summed E-state index contributed by atoms with van der Waals surface area (Å²) in [5.74, 6) is 2.04. The maximum Gasteiger partial charge on any atom is 0.168 e. The number of hydrogen-bond donors (Lipinski definition) is 1. The maximum atomic E-state index is 9.84. The second kappa shape index (κ2) is 7.11. The molecule has 5 heteroatoms. The number of nitrogens with zero attached hydrogens (tertiary/aromatic N) is 2. The lowest BCUT2D eigenvalue weighted by Crippen LogP contribution is -2.28. The summed E-state index contributed by atoms with van der Waals surface area (Å²) < 4.78 is 11.1. The number of hydrogen-bond acceptors (Lipinski definition) is 5. The molecule has 0 spiro atoms. The molecule has 0 aliphatic heterocycles. The molecule has 0 radical (unpaired) electrons. The monoisotopic (exact) mass is 365 g/mol. The Balaban J connectivity index is 2.31. The van der Waals surface area contributed by atoms with Crippen molar-refractivity contribution in [2.24, 2.45) is 11.3 Å². The van der Waals surface area contributed by atoms with E-state index in [9.17, 15) is 5.26 Å². The number of nitriles is 1. The lowest BCUT2D eigenvalue weighted by atomic mass is 9.70. The number of fused-ring (bicyclic) bond motifs is 1. The van der Waals surface area contributed by atoms with Gasteiger partial charge in [0.1, 0.15) is 17.5 Å². The quantitative estimate of drug-likeness (QED) is 0.873. The topological polar surface area (TPSA) is 81.2 Å². The summed E-state index contributed by atoms with van der Waals surface area (Å²) >= 11 is 0. The molecule has 2 aromatic rings. The van der Waals surface area contributed by atoms with E-state index in [1.54, 1.807) is 14.2 Å². The van der Waals surface area contributed by atoms with Gasteiger partial charge in [-0.3, -0.25) is 0 Å². The van der Waals surface area contributed by atoms with Gasteiger partial charge in [-0.1, -0.05) is 32.9 Å². The number of anilines is 1. The highest BCUT2D eigenvalue weighted by Crippen LogP contribution is 2.46. The fourth-order valence-corrected chi connectivity index (χ4v) is 4.01. The maximum absolute atomic E-state index is 9.84. The molecule has 0 saturated carbocycles. The Hall–Kier alpha value is -2.74. The van der Waals surface area contributed by atoms with Crippen LogP contribution in [0.1, 0.15) is 44.0 Å². The molecule has 1 aromatic carbocycles. The zero-order valence-electron chi connectivity index (χ0n) is 16.7. The summed E-state index contributed by atoms with van der Waals surface area (Å²) in [5.41, 5.74) is 10.5. The molecule has 27 heavy (non-hydrogen) atoms. The van der Waals surface area contributed by atoms with E-state index < -0.39 is 0 Å². The van der Waals surface area contributed by atoms with Gasteiger partial charge in [0.25, 0.3) is 0 Å². The first-order valence-electron chi connectivity index (χ1n) is 9.24. The van der Waals surface area contributed by atoms with Gasteiger partial charge in [0.15, 0.2) is 11.5 Å². The molecule has 1 aromatic heterocycles. The highest BCUT2D eigenvalue weighted by Gasteiger charge is 2.33. The Labute approximate surface area is 161 Å². The van der Waals surface area contributed by atoms with Gasteiger partial charge < -0.3 is 15.2 Å². The Bertz CT molecular complexity index is 907. The summed E-state index contributed by atoms with van der Waals surface area (Å²) in [6.45, 7) is 6.80. The van der Waals surface area contributed by atoms with E-state index in [-0.39, 0.29) is 11.2 Å². The fourth-order valence-electron chi connectivity index (χ4n) is 4.01. The second-order valence-electron chi connectivity index (χ2n) is 8.13. The second-order valence-corrected chi connectivity index (χ2v) is 8.13. The Morgan fingerprint density at radius 3 is 2.56 bits per heavy atom. The van der Waals surface area contributed by atoms with Gasteiger partial charge in [-0.25, -0.2) is 4.98 Å². The molecule has 1 atom stereocenters. The van der Waals surface area contributed by atoms with Gasteiger partial charge in [0, 0.05) is 16.8 Å². The molecule has 2 N–H and O–H groups in total. The van der Waals surface area contributed by atoms with Crippen molar-refractivity contribution >= 4 is 5.82 Å². The van der Waals surface area contributed by atoms with Crippen LogP contribution in [0.5, 0.6) is 11.5 Å². The average molecular weight is 365 g/mol. The van der Waals surface area contributed by atoms with Crippen molar-refractivity contribution in [3.63, 3.8) is 0 Å². The molecule has 1 aliphatic rings. The van der Waals surface area contributed by atoms with Crippen LogP contribution >= 0.6 is 0 Å². The lowest BCUT2D eigenvalue weighted by molar-refractivity contribution is 0.215. The summed E-state index contributed by atoms with van der Waals surface area (Å²) in [4.78, 5) is 4.57. The lowest BCUT2D eigenvalue weighted by Gasteiger charge is -2.36. The largest absolute Gasteiger partial charge is 0.493 e. The summed E-state index contributed by atoms with van der Waals surface area (Å²) in [6.07, 6.45) is 2.81. The van der Waals surface area contributed by atoms with Crippen LogP contribution in [0.4, 0.5) is 5.82 Å². The number of nitrogen functional groups attached to an aromatic ring is 1. The Morgan fingerprint density at radius 2 is 1.96 bits per heavy atom. The minimum Gasteiger partial charge on any atom is -0.493 e. The predicted molar refractivity (Wildman–Crippen MR) is 107 cm³/mol. The summed E-state index contributed by atoms with van der Waals surface area (Å²) in [7, 11) is 3.22. The van der Waals surface area contributed by atoms with Crippen LogP contribution in [-0.4, -0.2) is 19.2 Å². The van der Waals surface area contributed by atoms with Crippen molar-refractivity contribution in [2.45, 2.75) is 40.0 Å². The first-order valence-corrected chi connectivity index (χ1v) is 9.24. The molecule has 142 valence electrons. The normalized spacial score (nSPS) is 16.4. The molecular weight excluding hydrogens is 338 g/mol. The van der Waals surface area contributed by atoms with E-state index in [4.69, 9.17) is 15.2 Å². The standard InChI is InChI=1S/C22H27N3O2/c1-22(2,3)13-9-10-17-15(11-13)19(16(12-23)21(24)25-17)14-7-6-8-18(26-4)20(14)27-5/h6-8,13H,9-11H2,1-5H3,(H2,24,25). The van der Waals surface area contributed by atoms with Gasteiger partial charge in [-0.15, -0.1) is 0 Å². The number of methoxy groups -OCH3 is 2. The van der Waals surface area contributed by atoms with Crippen LogP contribution in [0.2, 0.25) is 0 Å². The van der Waals surface area contributed by atoms with E-state index in [1.165, 1.54) is 0 Å².